The Morgan fingerprint density at radius 1 is 1.40 bits per heavy atom. The topological polar surface area (TPSA) is 34.9 Å². The fraction of sp³-hybridized carbons (Fsp3) is 0.385. The molecule has 0 saturated heterocycles. The quantitative estimate of drug-likeness (QED) is 0.872. The third-order valence-corrected chi connectivity index (χ3v) is 3.86. The minimum atomic E-state index is -4.63. The molecule has 0 radical (unpaired) electrons. The first kappa shape index (κ1) is 14.8. The summed E-state index contributed by atoms with van der Waals surface area (Å²) in [5.74, 6) is 0. The number of hydrogen-bond donors (Lipinski definition) is 0. The molecule has 0 unspecified atom stereocenters. The Labute approximate surface area is 117 Å². The predicted octanol–water partition coefficient (Wildman–Crippen LogP) is 3.24. The van der Waals surface area contributed by atoms with E-state index in [1.54, 1.807) is 0 Å². The van der Waals surface area contributed by atoms with E-state index in [9.17, 15) is 18.0 Å². The van der Waals surface area contributed by atoms with E-state index in [-0.39, 0.29) is 6.54 Å². The molecule has 2 rings (SSSR count). The van der Waals surface area contributed by atoms with E-state index < -0.39 is 17.3 Å². The molecule has 3 nitrogen and oxygen atoms in total. The van der Waals surface area contributed by atoms with Gasteiger partial charge in [-0.25, -0.2) is 4.98 Å². The molecule has 0 fully saturated rings. The van der Waals surface area contributed by atoms with E-state index >= 15 is 0 Å². The minimum absolute atomic E-state index is 0.122. The largest absolute Gasteiger partial charge is 0.421 e. The van der Waals surface area contributed by atoms with Crippen molar-refractivity contribution in [2.45, 2.75) is 33.0 Å². The Hall–Kier alpha value is -1.63. The smallest absolute Gasteiger partial charge is 0.310 e. The third-order valence-electron chi connectivity index (χ3n) is 2.86. The molecule has 2 aromatic rings. The van der Waals surface area contributed by atoms with E-state index in [4.69, 9.17) is 0 Å². The summed E-state index contributed by atoms with van der Waals surface area (Å²) >= 11 is 1.40. The van der Waals surface area contributed by atoms with Gasteiger partial charge in [-0.2, -0.15) is 13.2 Å². The highest BCUT2D eigenvalue weighted by molar-refractivity contribution is 7.11. The molecule has 0 bridgehead atoms. The average Bonchev–Trinajstić information content (AvgIpc) is 2.70. The van der Waals surface area contributed by atoms with Crippen molar-refractivity contribution in [1.29, 1.82) is 0 Å². The molecule has 2 aromatic heterocycles. The van der Waals surface area contributed by atoms with Gasteiger partial charge < -0.3 is 4.57 Å². The van der Waals surface area contributed by atoms with Crippen molar-refractivity contribution in [3.05, 3.63) is 49.8 Å². The van der Waals surface area contributed by atoms with Gasteiger partial charge in [0.05, 0.1) is 17.2 Å². The zero-order valence-electron chi connectivity index (χ0n) is 11.0. The summed E-state index contributed by atoms with van der Waals surface area (Å²) in [5.41, 5.74) is -1.33. The number of nitrogens with zero attached hydrogens (tertiary/aromatic N) is 2. The molecule has 0 amide bonds. The molecule has 0 aliphatic heterocycles. The number of aromatic nitrogens is 2. The molecule has 0 aromatic carbocycles. The van der Waals surface area contributed by atoms with E-state index in [1.807, 2.05) is 13.8 Å². The molecule has 7 heteroatoms. The Bertz CT molecular complexity index is 673. The maximum atomic E-state index is 12.7. The molecule has 0 N–H and O–H groups in total. The average molecular weight is 302 g/mol. The summed E-state index contributed by atoms with van der Waals surface area (Å²) in [4.78, 5) is 17.0. The first-order valence-electron chi connectivity index (χ1n) is 6.04. The van der Waals surface area contributed by atoms with Gasteiger partial charge in [0.15, 0.2) is 0 Å². The molecular weight excluding hydrogens is 289 g/mol. The normalized spacial score (nSPS) is 11.8. The van der Waals surface area contributed by atoms with Crippen LogP contribution in [0.15, 0.2) is 23.1 Å². The number of alkyl halides is 3. The molecule has 0 saturated carbocycles. The molecule has 0 aliphatic carbocycles. The van der Waals surface area contributed by atoms with Crippen molar-refractivity contribution >= 4 is 11.3 Å². The van der Waals surface area contributed by atoms with Crippen molar-refractivity contribution in [2.24, 2.45) is 0 Å². The minimum Gasteiger partial charge on any atom is -0.310 e. The lowest BCUT2D eigenvalue weighted by atomic mass is 10.2. The van der Waals surface area contributed by atoms with Gasteiger partial charge in [-0.15, -0.1) is 11.3 Å². The van der Waals surface area contributed by atoms with Gasteiger partial charge in [-0.1, -0.05) is 6.92 Å². The third kappa shape index (κ3) is 2.92. The van der Waals surface area contributed by atoms with Crippen LogP contribution in [0.1, 0.15) is 28.1 Å². The van der Waals surface area contributed by atoms with E-state index in [2.05, 4.69) is 4.98 Å². The van der Waals surface area contributed by atoms with Gasteiger partial charge in [-0.05, 0) is 25.5 Å². The highest BCUT2D eigenvalue weighted by atomic mass is 32.1. The fourth-order valence-corrected chi connectivity index (χ4v) is 2.97. The van der Waals surface area contributed by atoms with E-state index in [0.29, 0.717) is 6.42 Å². The summed E-state index contributed by atoms with van der Waals surface area (Å²) in [6.45, 7) is 3.88. The van der Waals surface area contributed by atoms with Gasteiger partial charge >= 0.3 is 6.18 Å². The summed E-state index contributed by atoms with van der Waals surface area (Å²) in [6.07, 6.45) is -2.57. The standard InChI is InChI=1S/C13H13F3N2OS/c1-3-10-11(20-8(2)17-10)7-18-6-4-5-9(12(18)19)13(14,15)16/h4-6H,3,7H2,1-2H3. The SMILES string of the molecule is CCc1nc(C)sc1Cn1cccc(C(F)(F)F)c1=O. The van der Waals surface area contributed by atoms with Crippen LogP contribution in [-0.4, -0.2) is 9.55 Å². The lowest BCUT2D eigenvalue weighted by molar-refractivity contribution is -0.138. The van der Waals surface area contributed by atoms with Crippen LogP contribution >= 0.6 is 11.3 Å². The van der Waals surface area contributed by atoms with Gasteiger partial charge in [0.1, 0.15) is 5.56 Å². The maximum absolute atomic E-state index is 12.7. The molecule has 20 heavy (non-hydrogen) atoms. The van der Waals surface area contributed by atoms with Crippen LogP contribution in [0.2, 0.25) is 0 Å². The Kier molecular flexibility index (Phi) is 3.99. The molecule has 0 aliphatic rings. The predicted molar refractivity (Wildman–Crippen MR) is 71.0 cm³/mol. The first-order chi connectivity index (χ1) is 9.32. The molecule has 2 heterocycles. The number of aryl methyl sites for hydroxylation is 2. The van der Waals surface area contributed by atoms with Crippen molar-refractivity contribution in [2.75, 3.05) is 0 Å². The first-order valence-corrected chi connectivity index (χ1v) is 6.86. The summed E-state index contributed by atoms with van der Waals surface area (Å²) in [7, 11) is 0. The van der Waals surface area contributed by atoms with Crippen LogP contribution in [-0.2, 0) is 19.1 Å². The van der Waals surface area contributed by atoms with Gasteiger partial charge in [-0.3, -0.25) is 4.79 Å². The molecule has 108 valence electrons. The monoisotopic (exact) mass is 302 g/mol. The van der Waals surface area contributed by atoms with Gasteiger partial charge in [0.25, 0.3) is 5.56 Å². The number of pyridine rings is 1. The summed E-state index contributed by atoms with van der Waals surface area (Å²) in [6, 6.07) is 2.04. The molecular formula is C13H13F3N2OS. The van der Waals surface area contributed by atoms with Crippen molar-refractivity contribution in [1.82, 2.24) is 9.55 Å². The van der Waals surface area contributed by atoms with Crippen LogP contribution in [0.5, 0.6) is 0 Å². The number of halogens is 3. The Balaban J connectivity index is 2.42. The van der Waals surface area contributed by atoms with Gasteiger partial charge in [0.2, 0.25) is 0 Å². The zero-order valence-corrected chi connectivity index (χ0v) is 11.8. The van der Waals surface area contributed by atoms with Crippen molar-refractivity contribution < 1.29 is 13.2 Å². The van der Waals surface area contributed by atoms with E-state index in [0.717, 1.165) is 26.2 Å². The van der Waals surface area contributed by atoms with Crippen LogP contribution in [0, 0.1) is 6.92 Å². The highest BCUT2D eigenvalue weighted by Crippen LogP contribution is 2.26. The zero-order chi connectivity index (χ0) is 14.9. The number of thiazole rings is 1. The fourth-order valence-electron chi connectivity index (χ4n) is 1.94. The molecule has 0 atom stereocenters. The summed E-state index contributed by atoms with van der Waals surface area (Å²) in [5, 5.41) is 0.844. The van der Waals surface area contributed by atoms with Crippen LogP contribution in [0.3, 0.4) is 0 Å². The number of rotatable bonds is 3. The Morgan fingerprint density at radius 3 is 2.70 bits per heavy atom. The van der Waals surface area contributed by atoms with Gasteiger partial charge in [0, 0.05) is 11.1 Å². The summed E-state index contributed by atoms with van der Waals surface area (Å²) < 4.78 is 39.2. The van der Waals surface area contributed by atoms with Crippen molar-refractivity contribution in [3.8, 4) is 0 Å². The second-order valence-corrected chi connectivity index (χ2v) is 5.60. The Morgan fingerprint density at radius 2 is 2.10 bits per heavy atom. The molecule has 0 spiro atoms. The second kappa shape index (κ2) is 5.40. The lowest BCUT2D eigenvalue weighted by Gasteiger charge is -2.10. The van der Waals surface area contributed by atoms with Crippen LogP contribution in [0.25, 0.3) is 0 Å². The van der Waals surface area contributed by atoms with Crippen LogP contribution in [0.4, 0.5) is 13.2 Å². The van der Waals surface area contributed by atoms with Crippen molar-refractivity contribution in [3.63, 3.8) is 0 Å². The van der Waals surface area contributed by atoms with E-state index in [1.165, 1.54) is 23.6 Å². The lowest BCUT2D eigenvalue weighted by Crippen LogP contribution is -2.28. The number of hydrogen-bond acceptors (Lipinski definition) is 3. The second-order valence-electron chi connectivity index (χ2n) is 4.31. The van der Waals surface area contributed by atoms with Crippen LogP contribution < -0.4 is 5.56 Å². The maximum Gasteiger partial charge on any atom is 0.421 e. The highest BCUT2D eigenvalue weighted by Gasteiger charge is 2.34.